The molecule has 0 bridgehead atoms. The number of aryl methyl sites for hydroxylation is 1. The Kier molecular flexibility index (Phi) is 5.04. The molecule has 1 aromatic heterocycles. The number of para-hydroxylation sites is 1. The standard InChI is InChI=1S/C20H20N4O/c1-3-15-9-11-17(12-10-15)23-19(25)16-13-21-20(22-14-16)24(2)18-7-5-4-6-8-18/h4-14H,3H2,1-2H3,(H,23,25). The summed E-state index contributed by atoms with van der Waals surface area (Å²) >= 11 is 0. The fraction of sp³-hybridized carbons (Fsp3) is 0.150. The Balaban J connectivity index is 1.69. The minimum absolute atomic E-state index is 0.224. The molecule has 1 N–H and O–H groups in total. The predicted molar refractivity (Wildman–Crippen MR) is 100 cm³/mol. The van der Waals surface area contributed by atoms with E-state index in [0.717, 1.165) is 17.8 Å². The second-order valence-electron chi connectivity index (χ2n) is 5.67. The zero-order valence-electron chi connectivity index (χ0n) is 14.3. The lowest BCUT2D eigenvalue weighted by molar-refractivity contribution is 0.102. The van der Waals surface area contributed by atoms with E-state index >= 15 is 0 Å². The van der Waals surface area contributed by atoms with Crippen molar-refractivity contribution in [3.05, 3.63) is 78.1 Å². The SMILES string of the molecule is CCc1ccc(NC(=O)c2cnc(N(C)c3ccccc3)nc2)cc1. The summed E-state index contributed by atoms with van der Waals surface area (Å²) in [5.74, 6) is 0.313. The van der Waals surface area contributed by atoms with E-state index in [2.05, 4.69) is 22.2 Å². The second kappa shape index (κ2) is 7.57. The molecular formula is C20H20N4O. The van der Waals surface area contributed by atoms with Crippen LogP contribution in [0.4, 0.5) is 17.3 Å². The van der Waals surface area contributed by atoms with E-state index in [4.69, 9.17) is 0 Å². The van der Waals surface area contributed by atoms with Crippen LogP contribution in [0, 0.1) is 0 Å². The molecule has 25 heavy (non-hydrogen) atoms. The van der Waals surface area contributed by atoms with Gasteiger partial charge in [0.15, 0.2) is 0 Å². The first-order valence-electron chi connectivity index (χ1n) is 8.18. The zero-order valence-corrected chi connectivity index (χ0v) is 14.3. The molecular weight excluding hydrogens is 312 g/mol. The molecule has 0 unspecified atom stereocenters. The van der Waals surface area contributed by atoms with Crippen LogP contribution < -0.4 is 10.2 Å². The highest BCUT2D eigenvalue weighted by Gasteiger charge is 2.10. The Labute approximate surface area is 147 Å². The smallest absolute Gasteiger partial charge is 0.258 e. The lowest BCUT2D eigenvalue weighted by Crippen LogP contribution is -2.16. The van der Waals surface area contributed by atoms with Crippen molar-refractivity contribution in [1.29, 1.82) is 0 Å². The van der Waals surface area contributed by atoms with E-state index in [9.17, 15) is 4.79 Å². The van der Waals surface area contributed by atoms with E-state index in [1.165, 1.54) is 18.0 Å². The van der Waals surface area contributed by atoms with Crippen molar-refractivity contribution in [3.63, 3.8) is 0 Å². The molecule has 1 heterocycles. The number of nitrogens with one attached hydrogen (secondary N) is 1. The summed E-state index contributed by atoms with van der Waals surface area (Å²) in [5, 5.41) is 2.86. The summed E-state index contributed by atoms with van der Waals surface area (Å²) in [6.45, 7) is 2.10. The third-order valence-corrected chi connectivity index (χ3v) is 3.96. The van der Waals surface area contributed by atoms with Crippen LogP contribution in [0.2, 0.25) is 0 Å². The molecule has 0 saturated carbocycles. The maximum absolute atomic E-state index is 12.3. The fourth-order valence-electron chi connectivity index (χ4n) is 2.41. The number of amides is 1. The average molecular weight is 332 g/mol. The molecule has 2 aromatic carbocycles. The lowest BCUT2D eigenvalue weighted by Gasteiger charge is -2.16. The average Bonchev–Trinajstić information content (AvgIpc) is 2.69. The van der Waals surface area contributed by atoms with Crippen LogP contribution in [0.1, 0.15) is 22.8 Å². The highest BCUT2D eigenvalue weighted by Crippen LogP contribution is 2.19. The summed E-state index contributed by atoms with van der Waals surface area (Å²) in [6, 6.07) is 17.6. The van der Waals surface area contributed by atoms with Gasteiger partial charge in [-0.25, -0.2) is 9.97 Å². The number of rotatable bonds is 5. The number of carbonyl (C=O) groups excluding carboxylic acids is 1. The molecule has 0 aliphatic rings. The topological polar surface area (TPSA) is 58.1 Å². The van der Waals surface area contributed by atoms with Crippen LogP contribution in [-0.4, -0.2) is 22.9 Å². The number of anilines is 3. The second-order valence-corrected chi connectivity index (χ2v) is 5.67. The van der Waals surface area contributed by atoms with Crippen LogP contribution >= 0.6 is 0 Å². The number of hydrogen-bond donors (Lipinski definition) is 1. The molecule has 0 atom stereocenters. The lowest BCUT2D eigenvalue weighted by atomic mass is 10.1. The zero-order chi connectivity index (χ0) is 17.6. The maximum Gasteiger partial charge on any atom is 0.258 e. The van der Waals surface area contributed by atoms with Gasteiger partial charge in [0.05, 0.1) is 5.56 Å². The first kappa shape index (κ1) is 16.6. The Morgan fingerprint density at radius 2 is 1.64 bits per heavy atom. The molecule has 0 saturated heterocycles. The summed E-state index contributed by atoms with van der Waals surface area (Å²) in [6.07, 6.45) is 4.05. The minimum atomic E-state index is -0.224. The number of hydrogen-bond acceptors (Lipinski definition) is 4. The first-order valence-corrected chi connectivity index (χ1v) is 8.18. The Bertz CT molecular complexity index is 830. The van der Waals surface area contributed by atoms with Gasteiger partial charge in [0.1, 0.15) is 0 Å². The largest absolute Gasteiger partial charge is 0.322 e. The molecule has 5 nitrogen and oxygen atoms in total. The predicted octanol–water partition coefficient (Wildman–Crippen LogP) is 4.06. The number of carbonyl (C=O) groups is 1. The van der Waals surface area contributed by atoms with Gasteiger partial charge in [-0.05, 0) is 36.2 Å². The summed E-state index contributed by atoms with van der Waals surface area (Å²) < 4.78 is 0. The van der Waals surface area contributed by atoms with Crippen molar-refractivity contribution < 1.29 is 4.79 Å². The molecule has 0 radical (unpaired) electrons. The van der Waals surface area contributed by atoms with Crippen molar-refractivity contribution in [2.24, 2.45) is 0 Å². The number of nitrogens with zero attached hydrogens (tertiary/aromatic N) is 3. The summed E-state index contributed by atoms with van der Waals surface area (Å²) in [7, 11) is 1.89. The third kappa shape index (κ3) is 4.01. The molecule has 3 rings (SSSR count). The van der Waals surface area contributed by atoms with E-state index in [1.54, 1.807) is 0 Å². The highest BCUT2D eigenvalue weighted by molar-refractivity contribution is 6.03. The van der Waals surface area contributed by atoms with Crippen molar-refractivity contribution in [3.8, 4) is 0 Å². The first-order chi connectivity index (χ1) is 12.2. The van der Waals surface area contributed by atoms with Crippen molar-refractivity contribution in [2.45, 2.75) is 13.3 Å². The van der Waals surface area contributed by atoms with Crippen LogP contribution in [0.3, 0.4) is 0 Å². The van der Waals surface area contributed by atoms with Gasteiger partial charge >= 0.3 is 0 Å². The van der Waals surface area contributed by atoms with E-state index < -0.39 is 0 Å². The Hall–Kier alpha value is -3.21. The maximum atomic E-state index is 12.3. The van der Waals surface area contributed by atoms with Gasteiger partial charge in [-0.15, -0.1) is 0 Å². The molecule has 1 amide bonds. The molecule has 0 spiro atoms. The number of benzene rings is 2. The monoisotopic (exact) mass is 332 g/mol. The minimum Gasteiger partial charge on any atom is -0.322 e. The van der Waals surface area contributed by atoms with Gasteiger partial charge in [-0.2, -0.15) is 0 Å². The molecule has 126 valence electrons. The van der Waals surface area contributed by atoms with E-state index in [-0.39, 0.29) is 5.91 Å². The van der Waals surface area contributed by atoms with Crippen LogP contribution in [-0.2, 0) is 6.42 Å². The van der Waals surface area contributed by atoms with Gasteiger partial charge in [0.25, 0.3) is 5.91 Å². The highest BCUT2D eigenvalue weighted by atomic mass is 16.1. The Morgan fingerprint density at radius 3 is 2.24 bits per heavy atom. The van der Waals surface area contributed by atoms with Gasteiger partial charge in [-0.3, -0.25) is 4.79 Å². The van der Waals surface area contributed by atoms with Crippen LogP contribution in [0.15, 0.2) is 67.0 Å². The summed E-state index contributed by atoms with van der Waals surface area (Å²) in [5.41, 5.74) is 3.39. The molecule has 0 aliphatic carbocycles. The van der Waals surface area contributed by atoms with Crippen molar-refractivity contribution >= 4 is 23.2 Å². The number of aromatic nitrogens is 2. The molecule has 0 fully saturated rings. The van der Waals surface area contributed by atoms with Crippen LogP contribution in [0.25, 0.3) is 0 Å². The van der Waals surface area contributed by atoms with E-state index in [1.807, 2.05) is 66.5 Å². The third-order valence-electron chi connectivity index (χ3n) is 3.96. The summed E-state index contributed by atoms with van der Waals surface area (Å²) in [4.78, 5) is 22.8. The van der Waals surface area contributed by atoms with E-state index in [0.29, 0.717) is 11.5 Å². The van der Waals surface area contributed by atoms with Gasteiger partial charge in [0, 0.05) is 30.8 Å². The van der Waals surface area contributed by atoms with Gasteiger partial charge in [-0.1, -0.05) is 37.3 Å². The van der Waals surface area contributed by atoms with Crippen LogP contribution in [0.5, 0.6) is 0 Å². The molecule has 0 aliphatic heterocycles. The quantitative estimate of drug-likeness (QED) is 0.765. The van der Waals surface area contributed by atoms with Gasteiger partial charge < -0.3 is 10.2 Å². The van der Waals surface area contributed by atoms with Crippen molar-refractivity contribution in [1.82, 2.24) is 9.97 Å². The normalized spacial score (nSPS) is 10.3. The molecule has 5 heteroatoms. The molecule has 3 aromatic rings. The van der Waals surface area contributed by atoms with Crippen molar-refractivity contribution in [2.75, 3.05) is 17.3 Å². The fourth-order valence-corrected chi connectivity index (χ4v) is 2.41. The Morgan fingerprint density at radius 1 is 1.00 bits per heavy atom. The van der Waals surface area contributed by atoms with Gasteiger partial charge in [0.2, 0.25) is 5.95 Å².